The molecule has 1 aliphatic rings. The van der Waals surface area contributed by atoms with Crippen molar-refractivity contribution in [3.05, 3.63) is 0 Å². The van der Waals surface area contributed by atoms with Gasteiger partial charge in [0.05, 0.1) is 5.92 Å². The summed E-state index contributed by atoms with van der Waals surface area (Å²) in [5.41, 5.74) is 0. The van der Waals surface area contributed by atoms with Gasteiger partial charge in [0.25, 0.3) is 0 Å². The zero-order chi connectivity index (χ0) is 10.1. The van der Waals surface area contributed by atoms with Gasteiger partial charge in [-0.3, -0.25) is 0 Å². The molecule has 0 aromatic carbocycles. The first kappa shape index (κ1) is 10.8. The van der Waals surface area contributed by atoms with Crippen LogP contribution in [-0.4, -0.2) is 31.2 Å². The monoisotopic (exact) mass is 195 g/mol. The van der Waals surface area contributed by atoms with E-state index in [2.05, 4.69) is 0 Å². The highest BCUT2D eigenvalue weighted by Gasteiger charge is 2.42. The molecule has 0 amide bonds. The second kappa shape index (κ2) is 3.86. The minimum absolute atomic E-state index is 0.111. The number of nitrogens with zero attached hydrogens (tertiary/aromatic N) is 1. The summed E-state index contributed by atoms with van der Waals surface area (Å²) < 4.78 is 37.1. The van der Waals surface area contributed by atoms with Crippen molar-refractivity contribution in [2.75, 3.05) is 14.1 Å². The molecule has 0 aliphatic heterocycles. The van der Waals surface area contributed by atoms with E-state index >= 15 is 0 Å². The quantitative estimate of drug-likeness (QED) is 0.621. The summed E-state index contributed by atoms with van der Waals surface area (Å²) in [5.74, 6) is -1.08. The van der Waals surface area contributed by atoms with Gasteiger partial charge in [0.15, 0.2) is 0 Å². The molecule has 1 saturated carbocycles. The van der Waals surface area contributed by atoms with Crippen LogP contribution >= 0.6 is 0 Å². The molecule has 1 aliphatic carbocycles. The van der Waals surface area contributed by atoms with E-state index in [-0.39, 0.29) is 12.5 Å². The van der Waals surface area contributed by atoms with Gasteiger partial charge in [-0.25, -0.2) is 0 Å². The summed E-state index contributed by atoms with van der Waals surface area (Å²) in [7, 11) is 3.70. The lowest BCUT2D eigenvalue weighted by atomic mass is 9.85. The first-order chi connectivity index (χ1) is 5.91. The largest absolute Gasteiger partial charge is 0.391 e. The Labute approximate surface area is 76.9 Å². The summed E-state index contributed by atoms with van der Waals surface area (Å²) in [6.45, 7) is 0. The zero-order valence-electron chi connectivity index (χ0n) is 8.06. The summed E-state index contributed by atoms with van der Waals surface area (Å²) in [6.07, 6.45) is -1.80. The molecule has 1 fully saturated rings. The second-order valence-corrected chi connectivity index (χ2v) is 4.02. The molecule has 0 N–H and O–H groups in total. The molecule has 4 heteroatoms. The Bertz CT molecular complexity index is 165. The first-order valence-corrected chi connectivity index (χ1v) is 4.64. The fourth-order valence-corrected chi connectivity index (χ4v) is 1.93. The van der Waals surface area contributed by atoms with E-state index in [1.807, 2.05) is 19.0 Å². The van der Waals surface area contributed by atoms with Crippen LogP contribution < -0.4 is 0 Å². The highest BCUT2D eigenvalue weighted by molar-refractivity contribution is 4.81. The number of halogens is 3. The van der Waals surface area contributed by atoms with Gasteiger partial charge in [-0.05, 0) is 33.4 Å². The molecular formula is C9H16F3N. The molecule has 13 heavy (non-hydrogen) atoms. The molecule has 0 saturated heterocycles. The van der Waals surface area contributed by atoms with Gasteiger partial charge in [0, 0.05) is 6.04 Å². The molecule has 78 valence electrons. The van der Waals surface area contributed by atoms with Crippen molar-refractivity contribution in [3.8, 4) is 0 Å². The third kappa shape index (κ3) is 2.86. The minimum Gasteiger partial charge on any atom is -0.306 e. The molecule has 2 atom stereocenters. The Morgan fingerprint density at radius 1 is 1.15 bits per heavy atom. The van der Waals surface area contributed by atoms with Crippen LogP contribution in [-0.2, 0) is 0 Å². The van der Waals surface area contributed by atoms with Crippen LogP contribution in [0.2, 0.25) is 0 Å². The van der Waals surface area contributed by atoms with E-state index in [1.54, 1.807) is 0 Å². The van der Waals surface area contributed by atoms with Crippen LogP contribution in [0.4, 0.5) is 13.2 Å². The number of hydrogen-bond acceptors (Lipinski definition) is 1. The Kier molecular flexibility index (Phi) is 3.22. The predicted molar refractivity (Wildman–Crippen MR) is 45.5 cm³/mol. The average molecular weight is 195 g/mol. The van der Waals surface area contributed by atoms with E-state index in [9.17, 15) is 13.2 Å². The smallest absolute Gasteiger partial charge is 0.306 e. The minimum atomic E-state index is -3.99. The van der Waals surface area contributed by atoms with Gasteiger partial charge in [0.1, 0.15) is 0 Å². The maximum Gasteiger partial charge on any atom is 0.391 e. The van der Waals surface area contributed by atoms with Gasteiger partial charge in [-0.1, -0.05) is 6.42 Å². The fourth-order valence-electron chi connectivity index (χ4n) is 1.93. The van der Waals surface area contributed by atoms with Crippen LogP contribution in [0.15, 0.2) is 0 Å². The number of hydrogen-bond donors (Lipinski definition) is 0. The summed E-state index contributed by atoms with van der Waals surface area (Å²) in [6, 6.07) is 0.111. The maximum atomic E-state index is 12.4. The summed E-state index contributed by atoms with van der Waals surface area (Å²) in [5, 5.41) is 0. The zero-order valence-corrected chi connectivity index (χ0v) is 8.06. The molecule has 0 aromatic rings. The van der Waals surface area contributed by atoms with E-state index in [0.717, 1.165) is 6.42 Å². The van der Waals surface area contributed by atoms with Crippen molar-refractivity contribution in [2.45, 2.75) is 37.9 Å². The van der Waals surface area contributed by atoms with Crippen molar-refractivity contribution in [3.63, 3.8) is 0 Å². The number of alkyl halides is 3. The van der Waals surface area contributed by atoms with Gasteiger partial charge in [-0.2, -0.15) is 13.2 Å². The standard InChI is InChI=1S/C9H16F3N/c1-13(2)8-5-3-4-7(6-8)9(10,11)12/h7-8H,3-6H2,1-2H3. The van der Waals surface area contributed by atoms with Gasteiger partial charge in [-0.15, -0.1) is 0 Å². The maximum absolute atomic E-state index is 12.4. The second-order valence-electron chi connectivity index (χ2n) is 4.02. The molecule has 0 bridgehead atoms. The average Bonchev–Trinajstić information content (AvgIpc) is 2.03. The van der Waals surface area contributed by atoms with Gasteiger partial charge >= 0.3 is 6.18 Å². The molecule has 0 radical (unpaired) electrons. The van der Waals surface area contributed by atoms with Gasteiger partial charge in [0.2, 0.25) is 0 Å². The third-order valence-corrected chi connectivity index (χ3v) is 2.84. The van der Waals surface area contributed by atoms with Crippen molar-refractivity contribution >= 4 is 0 Å². The predicted octanol–water partition coefficient (Wildman–Crippen LogP) is 2.67. The van der Waals surface area contributed by atoms with E-state index in [0.29, 0.717) is 12.8 Å². The van der Waals surface area contributed by atoms with Crippen LogP contribution in [0.5, 0.6) is 0 Å². The van der Waals surface area contributed by atoms with Crippen molar-refractivity contribution < 1.29 is 13.2 Å². The van der Waals surface area contributed by atoms with Crippen molar-refractivity contribution in [1.82, 2.24) is 4.90 Å². The van der Waals surface area contributed by atoms with E-state index in [4.69, 9.17) is 0 Å². The molecule has 2 unspecified atom stereocenters. The third-order valence-electron chi connectivity index (χ3n) is 2.84. The van der Waals surface area contributed by atoms with Gasteiger partial charge < -0.3 is 4.90 Å². The molecule has 0 heterocycles. The first-order valence-electron chi connectivity index (χ1n) is 4.64. The Morgan fingerprint density at radius 3 is 2.23 bits per heavy atom. The number of rotatable bonds is 1. The van der Waals surface area contributed by atoms with E-state index < -0.39 is 12.1 Å². The Hall–Kier alpha value is -0.250. The summed E-state index contributed by atoms with van der Waals surface area (Å²) >= 11 is 0. The van der Waals surface area contributed by atoms with Crippen molar-refractivity contribution in [1.29, 1.82) is 0 Å². The summed E-state index contributed by atoms with van der Waals surface area (Å²) in [4.78, 5) is 1.90. The lowest BCUT2D eigenvalue weighted by molar-refractivity contribution is -0.185. The topological polar surface area (TPSA) is 3.24 Å². The van der Waals surface area contributed by atoms with Crippen molar-refractivity contribution in [2.24, 2.45) is 5.92 Å². The lowest BCUT2D eigenvalue weighted by Crippen LogP contribution is -2.38. The van der Waals surface area contributed by atoms with E-state index in [1.165, 1.54) is 0 Å². The van der Waals surface area contributed by atoms with Crippen LogP contribution in [0.3, 0.4) is 0 Å². The highest BCUT2D eigenvalue weighted by Crippen LogP contribution is 2.38. The molecule has 1 rings (SSSR count). The van der Waals surface area contributed by atoms with Crippen LogP contribution in [0.1, 0.15) is 25.7 Å². The molecule has 1 nitrogen and oxygen atoms in total. The fraction of sp³-hybridized carbons (Fsp3) is 1.00. The molecular weight excluding hydrogens is 179 g/mol. The Balaban J connectivity index is 2.52. The lowest BCUT2D eigenvalue weighted by Gasteiger charge is -2.34. The van der Waals surface area contributed by atoms with Crippen LogP contribution in [0, 0.1) is 5.92 Å². The normalized spacial score (nSPS) is 30.9. The highest BCUT2D eigenvalue weighted by atomic mass is 19.4. The SMILES string of the molecule is CN(C)C1CCCC(C(F)(F)F)C1. The van der Waals surface area contributed by atoms with Crippen LogP contribution in [0.25, 0.3) is 0 Å². The Morgan fingerprint density at radius 2 is 1.77 bits per heavy atom. The molecule has 0 aromatic heterocycles. The molecule has 0 spiro atoms.